The van der Waals surface area contributed by atoms with E-state index in [1.807, 2.05) is 12.1 Å². The topological polar surface area (TPSA) is 30.5 Å². The second-order valence-corrected chi connectivity index (χ2v) is 5.32. The fourth-order valence-corrected chi connectivity index (χ4v) is 2.26. The number of benzene rings is 2. The maximum absolute atomic E-state index is 5.39. The molecule has 0 saturated heterocycles. The van der Waals surface area contributed by atoms with Crippen LogP contribution in [0.15, 0.2) is 42.5 Å². The number of hydrogen-bond acceptors (Lipinski definition) is 3. The summed E-state index contributed by atoms with van der Waals surface area (Å²) in [7, 11) is 0. The zero-order valence-corrected chi connectivity index (χ0v) is 11.8. The van der Waals surface area contributed by atoms with Crippen LogP contribution in [0.1, 0.15) is 30.9 Å². The Kier molecular flexibility index (Phi) is 3.50. The van der Waals surface area contributed by atoms with Gasteiger partial charge in [0.05, 0.1) is 0 Å². The van der Waals surface area contributed by atoms with Gasteiger partial charge in [-0.3, -0.25) is 0 Å². The lowest BCUT2D eigenvalue weighted by atomic mass is 10.0. The van der Waals surface area contributed by atoms with Gasteiger partial charge in [-0.25, -0.2) is 0 Å². The molecule has 1 N–H and O–H groups in total. The molecule has 0 unspecified atom stereocenters. The Bertz CT molecular complexity index is 608. The van der Waals surface area contributed by atoms with Crippen molar-refractivity contribution in [2.75, 3.05) is 12.1 Å². The Balaban J connectivity index is 1.69. The summed E-state index contributed by atoms with van der Waals surface area (Å²) in [6.45, 7) is 5.51. The van der Waals surface area contributed by atoms with E-state index in [9.17, 15) is 0 Å². The fraction of sp³-hybridized carbons (Fsp3) is 0.294. The van der Waals surface area contributed by atoms with Gasteiger partial charge >= 0.3 is 0 Å². The van der Waals surface area contributed by atoms with Crippen molar-refractivity contribution in [1.29, 1.82) is 0 Å². The van der Waals surface area contributed by atoms with Crippen molar-refractivity contribution in [3.63, 3.8) is 0 Å². The van der Waals surface area contributed by atoms with E-state index in [0.29, 0.717) is 12.7 Å². The number of hydrogen-bond donors (Lipinski definition) is 1. The van der Waals surface area contributed by atoms with E-state index in [4.69, 9.17) is 9.47 Å². The molecule has 0 atom stereocenters. The third kappa shape index (κ3) is 2.72. The Hall–Kier alpha value is -2.16. The lowest BCUT2D eigenvalue weighted by molar-refractivity contribution is 0.174. The molecule has 2 aromatic rings. The molecule has 1 aliphatic heterocycles. The van der Waals surface area contributed by atoms with Gasteiger partial charge < -0.3 is 14.8 Å². The van der Waals surface area contributed by atoms with E-state index in [0.717, 1.165) is 23.7 Å². The van der Waals surface area contributed by atoms with Crippen LogP contribution in [0.25, 0.3) is 0 Å². The van der Waals surface area contributed by atoms with E-state index in [1.165, 1.54) is 11.1 Å². The Morgan fingerprint density at radius 1 is 1.05 bits per heavy atom. The maximum Gasteiger partial charge on any atom is 0.231 e. The van der Waals surface area contributed by atoms with Crippen LogP contribution in [0.5, 0.6) is 11.5 Å². The molecule has 2 aromatic carbocycles. The predicted molar refractivity (Wildman–Crippen MR) is 80.4 cm³/mol. The molecule has 1 aliphatic rings. The highest BCUT2D eigenvalue weighted by Gasteiger charge is 2.12. The number of nitrogens with one attached hydrogen (secondary N) is 1. The molecule has 0 aliphatic carbocycles. The molecule has 3 heteroatoms. The summed E-state index contributed by atoms with van der Waals surface area (Å²) in [6, 6.07) is 14.6. The van der Waals surface area contributed by atoms with Crippen molar-refractivity contribution in [1.82, 2.24) is 0 Å². The van der Waals surface area contributed by atoms with Crippen LogP contribution in [0.2, 0.25) is 0 Å². The summed E-state index contributed by atoms with van der Waals surface area (Å²) < 4.78 is 10.7. The molecule has 104 valence electrons. The molecular weight excluding hydrogens is 250 g/mol. The minimum absolute atomic E-state index is 0.322. The molecule has 0 amide bonds. The van der Waals surface area contributed by atoms with Crippen LogP contribution in [-0.2, 0) is 6.54 Å². The molecule has 1 heterocycles. The van der Waals surface area contributed by atoms with Crippen LogP contribution in [0.3, 0.4) is 0 Å². The fourth-order valence-electron chi connectivity index (χ4n) is 2.26. The van der Waals surface area contributed by atoms with Gasteiger partial charge in [0, 0.05) is 12.2 Å². The summed E-state index contributed by atoms with van der Waals surface area (Å²) >= 11 is 0. The quantitative estimate of drug-likeness (QED) is 0.904. The lowest BCUT2D eigenvalue weighted by Crippen LogP contribution is -2.00. The molecule has 0 aromatic heterocycles. The van der Waals surface area contributed by atoms with Crippen LogP contribution in [0.4, 0.5) is 5.69 Å². The smallest absolute Gasteiger partial charge is 0.231 e. The summed E-state index contributed by atoms with van der Waals surface area (Å²) in [5.74, 6) is 2.21. The number of ether oxygens (including phenoxy) is 2. The van der Waals surface area contributed by atoms with Crippen molar-refractivity contribution in [3.8, 4) is 11.5 Å². The molecule has 0 bridgehead atoms. The molecule has 0 saturated carbocycles. The van der Waals surface area contributed by atoms with Gasteiger partial charge in [0.15, 0.2) is 11.5 Å². The molecule has 0 spiro atoms. The highest BCUT2D eigenvalue weighted by Crippen LogP contribution is 2.32. The Morgan fingerprint density at radius 2 is 1.90 bits per heavy atom. The SMILES string of the molecule is CC(C)c1cccc(NCc2ccc3c(c2)OCO3)c1. The van der Waals surface area contributed by atoms with Crippen molar-refractivity contribution in [2.45, 2.75) is 26.3 Å². The van der Waals surface area contributed by atoms with E-state index in [1.54, 1.807) is 0 Å². The van der Waals surface area contributed by atoms with Crippen molar-refractivity contribution < 1.29 is 9.47 Å². The number of anilines is 1. The summed E-state index contributed by atoms with van der Waals surface area (Å²) in [5, 5.41) is 3.45. The molecule has 3 rings (SSSR count). The molecular formula is C17H19NO2. The third-order valence-corrected chi connectivity index (χ3v) is 3.49. The molecule has 3 nitrogen and oxygen atoms in total. The van der Waals surface area contributed by atoms with Gasteiger partial charge in [-0.1, -0.05) is 32.0 Å². The number of rotatable bonds is 4. The van der Waals surface area contributed by atoms with E-state index in [-0.39, 0.29) is 0 Å². The van der Waals surface area contributed by atoms with Crippen molar-refractivity contribution in [2.24, 2.45) is 0 Å². The number of fused-ring (bicyclic) bond motifs is 1. The minimum Gasteiger partial charge on any atom is -0.454 e. The Morgan fingerprint density at radius 3 is 2.75 bits per heavy atom. The monoisotopic (exact) mass is 269 g/mol. The van der Waals surface area contributed by atoms with Gasteiger partial charge in [-0.15, -0.1) is 0 Å². The van der Waals surface area contributed by atoms with Crippen LogP contribution in [0, 0.1) is 0 Å². The van der Waals surface area contributed by atoms with Gasteiger partial charge in [-0.2, -0.15) is 0 Å². The van der Waals surface area contributed by atoms with Gasteiger partial charge in [0.25, 0.3) is 0 Å². The van der Waals surface area contributed by atoms with Crippen LogP contribution >= 0.6 is 0 Å². The van der Waals surface area contributed by atoms with Gasteiger partial charge in [-0.05, 0) is 41.3 Å². The first-order valence-corrected chi connectivity index (χ1v) is 6.95. The highest BCUT2D eigenvalue weighted by atomic mass is 16.7. The first kappa shape index (κ1) is 12.9. The first-order chi connectivity index (χ1) is 9.72. The van der Waals surface area contributed by atoms with E-state index in [2.05, 4.69) is 49.5 Å². The summed E-state index contributed by atoms with van der Waals surface area (Å²) in [6.07, 6.45) is 0. The average Bonchev–Trinajstić information content (AvgIpc) is 2.93. The zero-order valence-electron chi connectivity index (χ0n) is 11.8. The van der Waals surface area contributed by atoms with Crippen LogP contribution in [-0.4, -0.2) is 6.79 Å². The minimum atomic E-state index is 0.322. The van der Waals surface area contributed by atoms with E-state index >= 15 is 0 Å². The summed E-state index contributed by atoms with van der Waals surface area (Å²) in [4.78, 5) is 0. The van der Waals surface area contributed by atoms with Crippen molar-refractivity contribution in [3.05, 3.63) is 53.6 Å². The normalized spacial score (nSPS) is 12.8. The lowest BCUT2D eigenvalue weighted by Gasteiger charge is -2.10. The molecule has 20 heavy (non-hydrogen) atoms. The van der Waals surface area contributed by atoms with Crippen LogP contribution < -0.4 is 14.8 Å². The van der Waals surface area contributed by atoms with Crippen molar-refractivity contribution >= 4 is 5.69 Å². The second kappa shape index (κ2) is 5.45. The predicted octanol–water partition coefficient (Wildman–Crippen LogP) is 4.15. The zero-order chi connectivity index (χ0) is 13.9. The Labute approximate surface area is 119 Å². The summed E-state index contributed by atoms with van der Waals surface area (Å²) in [5.41, 5.74) is 3.68. The highest BCUT2D eigenvalue weighted by molar-refractivity contribution is 5.49. The molecule has 0 radical (unpaired) electrons. The first-order valence-electron chi connectivity index (χ1n) is 6.95. The largest absolute Gasteiger partial charge is 0.454 e. The van der Waals surface area contributed by atoms with Gasteiger partial charge in [0.1, 0.15) is 0 Å². The van der Waals surface area contributed by atoms with Gasteiger partial charge in [0.2, 0.25) is 6.79 Å². The maximum atomic E-state index is 5.39. The molecule has 0 fully saturated rings. The average molecular weight is 269 g/mol. The standard InChI is InChI=1S/C17H19NO2/c1-12(2)14-4-3-5-15(9-14)18-10-13-6-7-16-17(8-13)20-11-19-16/h3-9,12,18H,10-11H2,1-2H3. The van der Waals surface area contributed by atoms with E-state index < -0.39 is 0 Å². The third-order valence-electron chi connectivity index (χ3n) is 3.49. The second-order valence-electron chi connectivity index (χ2n) is 5.32.